The molecule has 0 bridgehead atoms. The molecule has 2 aromatic carbocycles. The number of furan rings is 1. The number of hydrogen-bond acceptors (Lipinski definition) is 3. The largest absolute Gasteiger partial charge is 0.450 e. The third-order valence-corrected chi connectivity index (χ3v) is 3.95. The second-order valence-electron chi connectivity index (χ2n) is 4.33. The quantitative estimate of drug-likeness (QED) is 0.566. The summed E-state index contributed by atoms with van der Waals surface area (Å²) in [4.78, 5) is 0. The predicted molar refractivity (Wildman–Crippen MR) is 85.1 cm³/mol. The Morgan fingerprint density at radius 1 is 1.14 bits per heavy atom. The van der Waals surface area contributed by atoms with Gasteiger partial charge in [0.15, 0.2) is 5.75 Å². The predicted octanol–water partition coefficient (Wildman–Crippen LogP) is 5.65. The second-order valence-corrected chi connectivity index (χ2v) is 5.30. The lowest BCUT2D eigenvalue weighted by Crippen LogP contribution is -1.91. The number of rotatable bonds is 3. The minimum Gasteiger partial charge on any atom is -0.450 e. The van der Waals surface area contributed by atoms with E-state index in [1.807, 2.05) is 36.4 Å². The van der Waals surface area contributed by atoms with Crippen molar-refractivity contribution in [3.05, 3.63) is 58.8 Å². The molecule has 0 aliphatic carbocycles. The van der Waals surface area contributed by atoms with E-state index in [9.17, 15) is 5.26 Å². The summed E-state index contributed by atoms with van der Waals surface area (Å²) < 4.78 is 11.4. The Morgan fingerprint density at radius 2 is 1.95 bits per heavy atom. The van der Waals surface area contributed by atoms with E-state index in [0.717, 1.165) is 10.9 Å². The summed E-state index contributed by atoms with van der Waals surface area (Å²) in [6.07, 6.45) is 0. The molecule has 0 N–H and O–H groups in total. The van der Waals surface area contributed by atoms with Crippen LogP contribution in [0.5, 0.6) is 11.5 Å². The maximum Gasteiger partial charge on any atom is 0.247 e. The molecule has 1 heterocycles. The lowest BCUT2D eigenvalue weighted by atomic mass is 10.2. The molecule has 0 saturated carbocycles. The fraction of sp³-hybridized carbons (Fsp3) is 0.0625. The van der Waals surface area contributed by atoms with Crippen LogP contribution in [0, 0.1) is 11.3 Å². The van der Waals surface area contributed by atoms with E-state index in [4.69, 9.17) is 20.8 Å². The minimum absolute atomic E-state index is 0.136. The fourth-order valence-corrected chi connectivity index (χ4v) is 2.75. The summed E-state index contributed by atoms with van der Waals surface area (Å²) >= 11 is 9.62. The van der Waals surface area contributed by atoms with Crippen molar-refractivity contribution in [2.45, 2.75) is 5.33 Å². The Balaban J connectivity index is 2.17. The van der Waals surface area contributed by atoms with Gasteiger partial charge in [0.05, 0.1) is 10.4 Å². The van der Waals surface area contributed by atoms with Gasteiger partial charge >= 0.3 is 0 Å². The van der Waals surface area contributed by atoms with E-state index in [0.29, 0.717) is 27.4 Å². The van der Waals surface area contributed by atoms with E-state index < -0.39 is 0 Å². The van der Waals surface area contributed by atoms with Gasteiger partial charge in [0.2, 0.25) is 5.76 Å². The van der Waals surface area contributed by atoms with Crippen LogP contribution < -0.4 is 4.74 Å². The molecule has 0 unspecified atom stereocenters. The van der Waals surface area contributed by atoms with Crippen LogP contribution in [0.1, 0.15) is 11.3 Å². The number of hydrogen-bond donors (Lipinski definition) is 0. The Kier molecular flexibility index (Phi) is 3.87. The highest BCUT2D eigenvalue weighted by atomic mass is 79.9. The van der Waals surface area contributed by atoms with Crippen LogP contribution in [0.3, 0.4) is 0 Å². The number of fused-ring (bicyclic) bond motifs is 1. The van der Waals surface area contributed by atoms with Gasteiger partial charge in [-0.25, -0.2) is 0 Å². The lowest BCUT2D eigenvalue weighted by Gasteiger charge is -2.10. The standard InChI is InChI=1S/C16H9BrClNO2/c17-8-10-4-3-6-12(18)15(10)21-16-11-5-1-2-7-13(11)20-14(16)9-19/h1-7H,8H2. The first-order valence-electron chi connectivity index (χ1n) is 6.17. The maximum atomic E-state index is 9.23. The maximum absolute atomic E-state index is 9.23. The zero-order valence-electron chi connectivity index (χ0n) is 10.8. The monoisotopic (exact) mass is 361 g/mol. The molecule has 3 nitrogen and oxygen atoms in total. The Morgan fingerprint density at radius 3 is 2.71 bits per heavy atom. The van der Waals surface area contributed by atoms with Crippen molar-refractivity contribution >= 4 is 38.5 Å². The van der Waals surface area contributed by atoms with Crippen molar-refractivity contribution in [2.75, 3.05) is 0 Å². The van der Waals surface area contributed by atoms with Crippen LogP contribution in [-0.2, 0) is 5.33 Å². The molecule has 3 aromatic rings. The molecule has 0 aliphatic heterocycles. The minimum atomic E-state index is 0.136. The van der Waals surface area contributed by atoms with Gasteiger partial charge in [-0.15, -0.1) is 0 Å². The van der Waals surface area contributed by atoms with Gasteiger partial charge in [-0.2, -0.15) is 5.26 Å². The first-order chi connectivity index (χ1) is 10.2. The molecule has 104 valence electrons. The third kappa shape index (κ3) is 2.51. The van der Waals surface area contributed by atoms with Crippen molar-refractivity contribution in [2.24, 2.45) is 0 Å². The summed E-state index contributed by atoms with van der Waals surface area (Å²) in [5, 5.41) is 11.1. The Labute approximate surface area is 134 Å². The average molecular weight is 363 g/mol. The summed E-state index contributed by atoms with van der Waals surface area (Å²) in [5.41, 5.74) is 1.51. The first-order valence-corrected chi connectivity index (χ1v) is 7.67. The number of ether oxygens (including phenoxy) is 1. The molecule has 5 heteroatoms. The highest BCUT2D eigenvalue weighted by Gasteiger charge is 2.18. The summed E-state index contributed by atoms with van der Waals surface area (Å²) in [6.45, 7) is 0. The van der Waals surface area contributed by atoms with E-state index in [1.165, 1.54) is 0 Å². The Hall–Kier alpha value is -1.96. The lowest BCUT2D eigenvalue weighted by molar-refractivity contribution is 0.464. The number of alkyl halides is 1. The summed E-state index contributed by atoms with van der Waals surface area (Å²) in [7, 11) is 0. The smallest absolute Gasteiger partial charge is 0.247 e. The fourth-order valence-electron chi connectivity index (χ4n) is 2.07. The zero-order chi connectivity index (χ0) is 14.8. The van der Waals surface area contributed by atoms with Gasteiger partial charge in [0, 0.05) is 10.9 Å². The van der Waals surface area contributed by atoms with Crippen molar-refractivity contribution in [3.63, 3.8) is 0 Å². The van der Waals surface area contributed by atoms with Crippen LogP contribution in [0.4, 0.5) is 0 Å². The van der Waals surface area contributed by atoms with Gasteiger partial charge in [-0.05, 0) is 18.2 Å². The molecule has 0 atom stereocenters. The van der Waals surface area contributed by atoms with Crippen LogP contribution in [-0.4, -0.2) is 0 Å². The zero-order valence-corrected chi connectivity index (χ0v) is 13.1. The molecule has 0 fully saturated rings. The average Bonchev–Trinajstić information content (AvgIpc) is 2.87. The Bertz CT molecular complexity index is 851. The number of halogens is 2. The highest BCUT2D eigenvalue weighted by Crippen LogP contribution is 2.40. The SMILES string of the molecule is N#Cc1oc2ccccc2c1Oc1c(Cl)cccc1CBr. The van der Waals surface area contributed by atoms with E-state index >= 15 is 0 Å². The van der Waals surface area contributed by atoms with Crippen molar-refractivity contribution in [1.29, 1.82) is 5.26 Å². The normalized spacial score (nSPS) is 10.5. The molecular formula is C16H9BrClNO2. The van der Waals surface area contributed by atoms with Crippen molar-refractivity contribution < 1.29 is 9.15 Å². The molecule has 0 amide bonds. The van der Waals surface area contributed by atoms with Crippen LogP contribution in [0.25, 0.3) is 11.0 Å². The van der Waals surface area contributed by atoms with Gasteiger partial charge in [-0.1, -0.05) is 51.8 Å². The third-order valence-electron chi connectivity index (χ3n) is 3.05. The molecule has 0 saturated heterocycles. The van der Waals surface area contributed by atoms with Gasteiger partial charge in [0.25, 0.3) is 0 Å². The summed E-state index contributed by atoms with van der Waals surface area (Å²) in [5.74, 6) is 1.05. The van der Waals surface area contributed by atoms with Gasteiger partial charge in [0.1, 0.15) is 17.4 Å². The molecule has 1 aromatic heterocycles. The van der Waals surface area contributed by atoms with Crippen LogP contribution >= 0.6 is 27.5 Å². The van der Waals surface area contributed by atoms with Crippen molar-refractivity contribution in [1.82, 2.24) is 0 Å². The molecule has 0 aliphatic rings. The van der Waals surface area contributed by atoms with Gasteiger partial charge < -0.3 is 9.15 Å². The number of nitrogens with zero attached hydrogens (tertiary/aromatic N) is 1. The topological polar surface area (TPSA) is 46.2 Å². The van der Waals surface area contributed by atoms with E-state index in [2.05, 4.69) is 15.9 Å². The second kappa shape index (κ2) is 5.80. The molecule has 0 radical (unpaired) electrons. The summed E-state index contributed by atoms with van der Waals surface area (Å²) in [6, 6.07) is 14.9. The number of benzene rings is 2. The highest BCUT2D eigenvalue weighted by molar-refractivity contribution is 9.08. The molecule has 21 heavy (non-hydrogen) atoms. The van der Waals surface area contributed by atoms with E-state index in [1.54, 1.807) is 12.1 Å². The number of para-hydroxylation sites is 2. The number of nitriles is 1. The molecule has 0 spiro atoms. The first kappa shape index (κ1) is 14.0. The van der Waals surface area contributed by atoms with Gasteiger partial charge in [-0.3, -0.25) is 0 Å². The van der Waals surface area contributed by atoms with Crippen LogP contribution in [0.2, 0.25) is 5.02 Å². The van der Waals surface area contributed by atoms with E-state index in [-0.39, 0.29) is 5.76 Å². The molecule has 3 rings (SSSR count). The van der Waals surface area contributed by atoms with Crippen molar-refractivity contribution in [3.8, 4) is 17.6 Å². The molecular weight excluding hydrogens is 354 g/mol. The van der Waals surface area contributed by atoms with Crippen LogP contribution in [0.15, 0.2) is 46.9 Å².